The number of hydrogen-bond donors (Lipinski definition) is 3. The Morgan fingerprint density at radius 3 is 2.36 bits per heavy atom. The lowest BCUT2D eigenvalue weighted by Crippen LogP contribution is -2.30. The summed E-state index contributed by atoms with van der Waals surface area (Å²) in [4.78, 5) is 44.1. The van der Waals surface area contributed by atoms with Gasteiger partial charge in [0.05, 0.1) is 16.5 Å². The van der Waals surface area contributed by atoms with Gasteiger partial charge in [-0.3, -0.25) is 14.4 Å². The molecule has 0 radical (unpaired) electrons. The number of hydrogen-bond acceptors (Lipinski definition) is 6. The van der Waals surface area contributed by atoms with Gasteiger partial charge in [-0.25, -0.2) is 4.98 Å². The fourth-order valence-corrected chi connectivity index (χ4v) is 6.07. The summed E-state index contributed by atoms with van der Waals surface area (Å²) in [5, 5.41) is 11.7. The molecule has 0 spiro atoms. The predicted octanol–water partition coefficient (Wildman–Crippen LogP) is 8.57. The molecular weight excluding hydrogens is 647 g/mol. The van der Waals surface area contributed by atoms with E-state index >= 15 is 0 Å². The zero-order valence-corrected chi connectivity index (χ0v) is 27.0. The van der Waals surface area contributed by atoms with Crippen LogP contribution in [0.25, 0.3) is 17.3 Å². The highest BCUT2D eigenvalue weighted by Crippen LogP contribution is 2.32. The normalized spacial score (nSPS) is 11.1. The maximum absolute atomic E-state index is 13.3. The molecule has 226 valence electrons. The van der Waals surface area contributed by atoms with E-state index in [4.69, 9.17) is 23.2 Å². The minimum atomic E-state index is -0.468. The van der Waals surface area contributed by atoms with Gasteiger partial charge >= 0.3 is 0 Å². The van der Waals surface area contributed by atoms with Crippen LogP contribution in [-0.2, 0) is 9.59 Å². The quantitative estimate of drug-likeness (QED) is 0.102. The summed E-state index contributed by atoms with van der Waals surface area (Å²) in [6.07, 6.45) is 1.66. The minimum Gasteiger partial charge on any atom is -0.321 e. The third kappa shape index (κ3) is 8.83. The fraction of sp³-hybridized carbons (Fsp3) is 0.0588. The number of benzene rings is 4. The van der Waals surface area contributed by atoms with Gasteiger partial charge in [-0.05, 0) is 78.7 Å². The molecule has 0 atom stereocenters. The second-order valence-corrected chi connectivity index (χ2v) is 12.5. The maximum atomic E-state index is 13.3. The Bertz CT molecular complexity index is 1880. The smallest absolute Gasteiger partial charge is 0.272 e. The van der Waals surface area contributed by atoms with Crippen LogP contribution in [0.2, 0.25) is 10.0 Å². The van der Waals surface area contributed by atoms with Crippen molar-refractivity contribution in [2.75, 3.05) is 16.4 Å². The Morgan fingerprint density at radius 1 is 0.889 bits per heavy atom. The first-order valence-electron chi connectivity index (χ1n) is 13.6. The zero-order valence-electron chi connectivity index (χ0n) is 23.8. The molecule has 1 heterocycles. The second kappa shape index (κ2) is 15.0. The lowest BCUT2D eigenvalue weighted by atomic mass is 10.1. The topological polar surface area (TPSA) is 100 Å². The van der Waals surface area contributed by atoms with E-state index < -0.39 is 11.8 Å². The average Bonchev–Trinajstić information content (AvgIpc) is 3.49. The summed E-state index contributed by atoms with van der Waals surface area (Å²) in [6.45, 7) is 1.93. The van der Waals surface area contributed by atoms with Gasteiger partial charge in [-0.2, -0.15) is 0 Å². The lowest BCUT2D eigenvalue weighted by molar-refractivity contribution is -0.114. The summed E-state index contributed by atoms with van der Waals surface area (Å²) in [6, 6.07) is 28.6. The Morgan fingerprint density at radius 2 is 1.62 bits per heavy atom. The molecule has 0 saturated heterocycles. The molecule has 0 aliphatic heterocycles. The standard InChI is InChI=1S/C34H26Cl2N4O3S2/c1-21-7-5-6-10-23(21)17-29(38-32(42)22-8-3-2-4-9-22)33(43)37-25-12-14-26(15-13-25)44-20-31(41)40-34-39-30(19-45-34)27-16-11-24(35)18-28(27)36/h2-19H,20H2,1H3,(H,37,43)(H,38,42)(H,39,40,41)/b29-17-. The van der Waals surface area contributed by atoms with Crippen molar-refractivity contribution in [3.05, 3.63) is 135 Å². The predicted molar refractivity (Wildman–Crippen MR) is 185 cm³/mol. The van der Waals surface area contributed by atoms with E-state index in [1.807, 2.05) is 54.8 Å². The van der Waals surface area contributed by atoms with Crippen molar-refractivity contribution in [3.63, 3.8) is 0 Å². The van der Waals surface area contributed by atoms with E-state index in [1.54, 1.807) is 60.7 Å². The van der Waals surface area contributed by atoms with Gasteiger partial charge in [0.1, 0.15) is 5.70 Å². The number of rotatable bonds is 10. The van der Waals surface area contributed by atoms with E-state index in [2.05, 4.69) is 20.9 Å². The summed E-state index contributed by atoms with van der Waals surface area (Å²) in [5.74, 6) is -0.902. The van der Waals surface area contributed by atoms with Gasteiger partial charge in [0.15, 0.2) is 5.13 Å². The minimum absolute atomic E-state index is 0.108. The van der Waals surface area contributed by atoms with Crippen LogP contribution < -0.4 is 16.0 Å². The van der Waals surface area contributed by atoms with E-state index in [0.717, 1.165) is 21.6 Å². The van der Waals surface area contributed by atoms with Crippen LogP contribution in [0.3, 0.4) is 0 Å². The molecule has 3 amide bonds. The number of thiazole rings is 1. The Labute approximate surface area is 278 Å². The fourth-order valence-electron chi connectivity index (χ4n) is 4.14. The first kappa shape index (κ1) is 32.0. The van der Waals surface area contributed by atoms with Crippen LogP contribution in [0.4, 0.5) is 10.8 Å². The van der Waals surface area contributed by atoms with Crippen LogP contribution in [0.1, 0.15) is 21.5 Å². The van der Waals surface area contributed by atoms with Gasteiger partial charge in [-0.1, -0.05) is 65.7 Å². The van der Waals surface area contributed by atoms with Crippen molar-refractivity contribution in [2.45, 2.75) is 11.8 Å². The van der Waals surface area contributed by atoms with Gasteiger partial charge in [0, 0.05) is 32.1 Å². The molecule has 1 aromatic heterocycles. The molecule has 0 saturated carbocycles. The number of aryl methyl sites for hydroxylation is 1. The summed E-state index contributed by atoms with van der Waals surface area (Å²) >= 11 is 14.9. The molecule has 11 heteroatoms. The van der Waals surface area contributed by atoms with Crippen molar-refractivity contribution in [1.29, 1.82) is 0 Å². The molecule has 0 aliphatic rings. The second-order valence-electron chi connectivity index (χ2n) is 9.71. The third-order valence-corrected chi connectivity index (χ3v) is 8.77. The van der Waals surface area contributed by atoms with E-state index in [9.17, 15) is 14.4 Å². The number of halogens is 2. The third-order valence-electron chi connectivity index (χ3n) is 6.46. The summed E-state index contributed by atoms with van der Waals surface area (Å²) < 4.78 is 0. The number of amides is 3. The van der Waals surface area contributed by atoms with E-state index in [-0.39, 0.29) is 17.4 Å². The number of aromatic nitrogens is 1. The summed E-state index contributed by atoms with van der Waals surface area (Å²) in [5.41, 5.74) is 4.24. The Balaban J connectivity index is 1.19. The molecule has 5 aromatic rings. The highest BCUT2D eigenvalue weighted by molar-refractivity contribution is 8.00. The highest BCUT2D eigenvalue weighted by Gasteiger charge is 2.16. The molecule has 0 unspecified atom stereocenters. The van der Waals surface area contributed by atoms with Crippen molar-refractivity contribution < 1.29 is 14.4 Å². The number of thioether (sulfide) groups is 1. The highest BCUT2D eigenvalue weighted by atomic mass is 35.5. The Kier molecular flexibility index (Phi) is 10.7. The number of nitrogens with one attached hydrogen (secondary N) is 3. The SMILES string of the molecule is Cc1ccccc1/C=C(\NC(=O)c1ccccc1)C(=O)Nc1ccc(SCC(=O)Nc2nc(-c3ccc(Cl)cc3Cl)cs2)cc1. The number of carbonyl (C=O) groups excluding carboxylic acids is 3. The molecule has 0 bridgehead atoms. The lowest BCUT2D eigenvalue weighted by Gasteiger charge is -2.12. The maximum Gasteiger partial charge on any atom is 0.272 e. The number of nitrogens with zero attached hydrogens (tertiary/aromatic N) is 1. The van der Waals surface area contributed by atoms with Gasteiger partial charge in [0.25, 0.3) is 11.8 Å². The average molecular weight is 674 g/mol. The van der Waals surface area contributed by atoms with Gasteiger partial charge in [0.2, 0.25) is 5.91 Å². The van der Waals surface area contributed by atoms with Gasteiger partial charge < -0.3 is 16.0 Å². The number of carbonyl (C=O) groups is 3. The Hall–Kier alpha value is -4.41. The molecule has 3 N–H and O–H groups in total. The first-order valence-corrected chi connectivity index (χ1v) is 16.3. The first-order chi connectivity index (χ1) is 21.7. The molecule has 0 aliphatic carbocycles. The molecule has 0 fully saturated rings. The van der Waals surface area contributed by atoms with Crippen LogP contribution in [0.15, 0.2) is 113 Å². The monoisotopic (exact) mass is 672 g/mol. The summed E-state index contributed by atoms with van der Waals surface area (Å²) in [7, 11) is 0. The van der Waals surface area contributed by atoms with Crippen LogP contribution >= 0.6 is 46.3 Å². The molecule has 45 heavy (non-hydrogen) atoms. The molecule has 7 nitrogen and oxygen atoms in total. The van der Waals surface area contributed by atoms with Crippen LogP contribution in [0.5, 0.6) is 0 Å². The van der Waals surface area contributed by atoms with Gasteiger partial charge in [-0.15, -0.1) is 23.1 Å². The van der Waals surface area contributed by atoms with E-state index in [0.29, 0.717) is 32.1 Å². The van der Waals surface area contributed by atoms with Crippen LogP contribution in [0, 0.1) is 6.92 Å². The largest absolute Gasteiger partial charge is 0.321 e. The molecule has 5 rings (SSSR count). The van der Waals surface area contributed by atoms with E-state index in [1.165, 1.54) is 23.1 Å². The van der Waals surface area contributed by atoms with Crippen molar-refractivity contribution in [3.8, 4) is 11.3 Å². The van der Waals surface area contributed by atoms with Crippen molar-refractivity contribution in [1.82, 2.24) is 10.3 Å². The van der Waals surface area contributed by atoms with Crippen molar-refractivity contribution >= 4 is 80.9 Å². The van der Waals surface area contributed by atoms with Crippen LogP contribution in [-0.4, -0.2) is 28.5 Å². The van der Waals surface area contributed by atoms with Crippen molar-refractivity contribution in [2.24, 2.45) is 0 Å². The zero-order chi connectivity index (χ0) is 31.8. The molecular formula is C34H26Cl2N4O3S2. The number of anilines is 2. The molecule has 4 aromatic carbocycles.